The molecule has 1 aliphatic carbocycles. The first-order chi connectivity index (χ1) is 6.38. The van der Waals surface area contributed by atoms with Crippen LogP contribution in [0.2, 0.25) is 0 Å². The monoisotopic (exact) mass is 186 g/mol. The zero-order valence-electron chi connectivity index (χ0n) is 8.17. The molecule has 0 saturated heterocycles. The van der Waals surface area contributed by atoms with Crippen molar-refractivity contribution in [1.29, 1.82) is 0 Å². The van der Waals surface area contributed by atoms with E-state index in [1.54, 1.807) is 0 Å². The summed E-state index contributed by atoms with van der Waals surface area (Å²) >= 11 is 0. The van der Waals surface area contributed by atoms with Gasteiger partial charge in [-0.05, 0) is 31.7 Å². The summed E-state index contributed by atoms with van der Waals surface area (Å²) in [4.78, 5) is 0. The molecule has 2 unspecified atom stereocenters. The molecule has 0 aromatic heterocycles. The van der Waals surface area contributed by atoms with E-state index < -0.39 is 0 Å². The van der Waals surface area contributed by atoms with Crippen molar-refractivity contribution >= 4 is 0 Å². The van der Waals surface area contributed by atoms with E-state index in [4.69, 9.17) is 5.11 Å². The molecular formula is C10H20NO2. The summed E-state index contributed by atoms with van der Waals surface area (Å²) in [7, 11) is 0. The molecule has 1 radical (unpaired) electrons. The van der Waals surface area contributed by atoms with Crippen molar-refractivity contribution in [3.63, 3.8) is 0 Å². The van der Waals surface area contributed by atoms with Crippen molar-refractivity contribution in [3.05, 3.63) is 0 Å². The summed E-state index contributed by atoms with van der Waals surface area (Å²) < 4.78 is 0. The minimum absolute atomic E-state index is 0.00348. The molecule has 2 atom stereocenters. The van der Waals surface area contributed by atoms with Gasteiger partial charge in [-0.2, -0.15) is 0 Å². The zero-order valence-corrected chi connectivity index (χ0v) is 8.17. The normalized spacial score (nSPS) is 29.1. The Bertz CT molecular complexity index is 130. The van der Waals surface area contributed by atoms with Gasteiger partial charge in [0, 0.05) is 12.6 Å². The third-order valence-corrected chi connectivity index (χ3v) is 2.87. The van der Waals surface area contributed by atoms with Crippen LogP contribution >= 0.6 is 0 Å². The minimum atomic E-state index is 0.00348. The molecule has 0 bridgehead atoms. The molecule has 0 aromatic carbocycles. The number of rotatable bonds is 5. The first kappa shape index (κ1) is 11.0. The average molecular weight is 186 g/mol. The summed E-state index contributed by atoms with van der Waals surface area (Å²) in [5, 5.41) is 22.7. The lowest BCUT2D eigenvalue weighted by molar-refractivity contribution is 0.147. The lowest BCUT2D eigenvalue weighted by Gasteiger charge is -2.30. The van der Waals surface area contributed by atoms with Gasteiger partial charge in [-0.25, -0.2) is 5.11 Å². The summed E-state index contributed by atoms with van der Waals surface area (Å²) in [5.74, 6) is 0.417. The second-order valence-corrected chi connectivity index (χ2v) is 3.85. The molecule has 1 saturated carbocycles. The maximum absolute atomic E-state index is 10.2. The molecule has 77 valence electrons. The van der Waals surface area contributed by atoms with Crippen molar-refractivity contribution in [1.82, 2.24) is 5.32 Å². The maximum Gasteiger partial charge on any atom is 0.0834 e. The molecule has 13 heavy (non-hydrogen) atoms. The second-order valence-electron chi connectivity index (χ2n) is 3.85. The highest BCUT2D eigenvalue weighted by molar-refractivity contribution is 4.80. The highest BCUT2D eigenvalue weighted by atomic mass is 16.3. The highest BCUT2D eigenvalue weighted by Gasteiger charge is 2.23. The third-order valence-electron chi connectivity index (χ3n) is 2.87. The SMILES string of the molecule is [O]CCCNC1CCCCC1CO. The van der Waals surface area contributed by atoms with Crippen molar-refractivity contribution in [2.24, 2.45) is 5.92 Å². The smallest absolute Gasteiger partial charge is 0.0834 e. The second kappa shape index (κ2) is 6.35. The fourth-order valence-electron chi connectivity index (χ4n) is 2.05. The Balaban J connectivity index is 2.19. The molecule has 2 N–H and O–H groups in total. The Morgan fingerprint density at radius 2 is 2.08 bits per heavy atom. The average Bonchev–Trinajstić information content (AvgIpc) is 2.19. The fraction of sp³-hybridized carbons (Fsp3) is 1.00. The maximum atomic E-state index is 10.2. The molecule has 1 aliphatic rings. The topological polar surface area (TPSA) is 52.2 Å². The molecule has 0 aromatic rings. The lowest BCUT2D eigenvalue weighted by Crippen LogP contribution is -2.40. The van der Waals surface area contributed by atoms with E-state index in [-0.39, 0.29) is 13.2 Å². The van der Waals surface area contributed by atoms with Crippen molar-refractivity contribution in [2.45, 2.75) is 38.1 Å². The predicted molar refractivity (Wildman–Crippen MR) is 51.0 cm³/mol. The highest BCUT2D eigenvalue weighted by Crippen LogP contribution is 2.23. The summed E-state index contributed by atoms with van der Waals surface area (Å²) in [5.41, 5.74) is 0. The van der Waals surface area contributed by atoms with Crippen LogP contribution in [0.3, 0.4) is 0 Å². The molecule has 1 fully saturated rings. The molecule has 3 heteroatoms. The summed E-state index contributed by atoms with van der Waals surface area (Å²) in [6, 6.07) is 0.449. The van der Waals surface area contributed by atoms with E-state index in [9.17, 15) is 5.11 Å². The number of nitrogens with one attached hydrogen (secondary N) is 1. The van der Waals surface area contributed by atoms with Crippen LogP contribution in [0.1, 0.15) is 32.1 Å². The van der Waals surface area contributed by atoms with Crippen LogP contribution in [-0.2, 0) is 5.11 Å². The van der Waals surface area contributed by atoms with Crippen LogP contribution in [0.5, 0.6) is 0 Å². The fourth-order valence-corrected chi connectivity index (χ4v) is 2.05. The Morgan fingerprint density at radius 1 is 1.31 bits per heavy atom. The van der Waals surface area contributed by atoms with Gasteiger partial charge in [0.05, 0.1) is 6.61 Å². The van der Waals surface area contributed by atoms with Gasteiger partial charge < -0.3 is 10.4 Å². The van der Waals surface area contributed by atoms with Gasteiger partial charge in [-0.3, -0.25) is 0 Å². The quantitative estimate of drug-likeness (QED) is 0.628. The van der Waals surface area contributed by atoms with Crippen LogP contribution in [-0.4, -0.2) is 30.9 Å². The molecule has 1 rings (SSSR count). The summed E-state index contributed by atoms with van der Waals surface area (Å²) in [6.07, 6.45) is 5.49. The molecular weight excluding hydrogens is 166 g/mol. The first-order valence-corrected chi connectivity index (χ1v) is 5.31. The molecule has 0 aliphatic heterocycles. The molecule has 0 amide bonds. The van der Waals surface area contributed by atoms with E-state index in [0.717, 1.165) is 19.4 Å². The Hall–Kier alpha value is -0.120. The van der Waals surface area contributed by atoms with Crippen LogP contribution in [0.25, 0.3) is 0 Å². The van der Waals surface area contributed by atoms with Gasteiger partial charge in [0.25, 0.3) is 0 Å². The van der Waals surface area contributed by atoms with E-state index >= 15 is 0 Å². The van der Waals surface area contributed by atoms with Gasteiger partial charge in [-0.1, -0.05) is 12.8 Å². The Kier molecular flexibility index (Phi) is 5.35. The van der Waals surface area contributed by atoms with E-state index in [2.05, 4.69) is 5.32 Å². The lowest BCUT2D eigenvalue weighted by atomic mass is 9.85. The van der Waals surface area contributed by atoms with Gasteiger partial charge in [0.15, 0.2) is 0 Å². The Morgan fingerprint density at radius 3 is 2.77 bits per heavy atom. The van der Waals surface area contributed by atoms with Crippen LogP contribution < -0.4 is 5.32 Å². The van der Waals surface area contributed by atoms with Crippen LogP contribution in [0.4, 0.5) is 0 Å². The van der Waals surface area contributed by atoms with E-state index in [1.165, 1.54) is 12.8 Å². The predicted octanol–water partition coefficient (Wildman–Crippen LogP) is 0.948. The van der Waals surface area contributed by atoms with Gasteiger partial charge in [-0.15, -0.1) is 0 Å². The number of aliphatic hydroxyl groups is 1. The molecule has 3 nitrogen and oxygen atoms in total. The van der Waals surface area contributed by atoms with Crippen LogP contribution in [0, 0.1) is 5.92 Å². The molecule has 0 heterocycles. The van der Waals surface area contributed by atoms with Gasteiger partial charge in [0.1, 0.15) is 0 Å². The Labute approximate surface area is 80.2 Å². The number of hydrogen-bond donors (Lipinski definition) is 2. The molecule has 0 spiro atoms. The van der Waals surface area contributed by atoms with Crippen LogP contribution in [0.15, 0.2) is 0 Å². The van der Waals surface area contributed by atoms with Crippen molar-refractivity contribution in [2.75, 3.05) is 19.8 Å². The summed E-state index contributed by atoms with van der Waals surface area (Å²) in [6.45, 7) is 1.10. The van der Waals surface area contributed by atoms with E-state index in [0.29, 0.717) is 18.4 Å². The largest absolute Gasteiger partial charge is 0.396 e. The standard InChI is InChI=1S/C10H20NO2/c12-7-3-6-11-10-5-2-1-4-9(10)8-13/h9-11,13H,1-8H2. The first-order valence-electron chi connectivity index (χ1n) is 5.31. The van der Waals surface area contributed by atoms with E-state index in [1.807, 2.05) is 0 Å². The number of aliphatic hydroxyl groups excluding tert-OH is 1. The third kappa shape index (κ3) is 3.63. The zero-order chi connectivity index (χ0) is 9.52. The minimum Gasteiger partial charge on any atom is -0.396 e. The van der Waals surface area contributed by atoms with Crippen molar-refractivity contribution < 1.29 is 10.2 Å². The van der Waals surface area contributed by atoms with Gasteiger partial charge >= 0.3 is 0 Å². The van der Waals surface area contributed by atoms with Gasteiger partial charge in [0.2, 0.25) is 0 Å². The number of hydrogen-bond acceptors (Lipinski definition) is 2. The van der Waals surface area contributed by atoms with Crippen molar-refractivity contribution in [3.8, 4) is 0 Å².